The second kappa shape index (κ2) is 5.86. The number of aromatic nitrogens is 1. The number of alkyl halides is 3. The minimum Gasteiger partial charge on any atom is -0.462 e. The zero-order valence-electron chi connectivity index (χ0n) is 8.84. The van der Waals surface area contributed by atoms with Crippen LogP contribution < -0.4 is 0 Å². The Labute approximate surface area is 101 Å². The summed E-state index contributed by atoms with van der Waals surface area (Å²) in [6.07, 6.45) is -2.91. The van der Waals surface area contributed by atoms with Gasteiger partial charge in [0.25, 0.3) is 6.43 Å². The van der Waals surface area contributed by atoms with Crippen LogP contribution in [0.1, 0.15) is 35.1 Å². The molecule has 0 amide bonds. The maximum atomic E-state index is 13.6. The second-order valence-corrected chi connectivity index (χ2v) is 3.28. The molecule has 0 atom stereocenters. The highest BCUT2D eigenvalue weighted by molar-refractivity contribution is 6.17. The standard InChI is InChI=1S/C10H9ClF3NO2/c1-2-17-10(16)5-3-6(9(13)14)15-7(4-11)8(5)12/h3,9H,2,4H2,1H3. The lowest BCUT2D eigenvalue weighted by Crippen LogP contribution is -2.12. The Morgan fingerprint density at radius 2 is 2.24 bits per heavy atom. The molecule has 94 valence electrons. The van der Waals surface area contributed by atoms with E-state index >= 15 is 0 Å². The topological polar surface area (TPSA) is 39.2 Å². The van der Waals surface area contributed by atoms with Gasteiger partial charge in [0, 0.05) is 0 Å². The Hall–Kier alpha value is -1.30. The van der Waals surface area contributed by atoms with Crippen LogP contribution in [0.4, 0.5) is 13.2 Å². The van der Waals surface area contributed by atoms with Crippen LogP contribution in [-0.4, -0.2) is 17.6 Å². The van der Waals surface area contributed by atoms with Gasteiger partial charge in [-0.1, -0.05) is 0 Å². The summed E-state index contributed by atoms with van der Waals surface area (Å²) in [5.41, 5.74) is -1.68. The van der Waals surface area contributed by atoms with E-state index in [1.807, 2.05) is 0 Å². The summed E-state index contributed by atoms with van der Waals surface area (Å²) >= 11 is 5.36. The van der Waals surface area contributed by atoms with E-state index in [1.54, 1.807) is 0 Å². The molecule has 0 bridgehead atoms. The zero-order valence-corrected chi connectivity index (χ0v) is 9.60. The summed E-state index contributed by atoms with van der Waals surface area (Å²) in [7, 11) is 0. The van der Waals surface area contributed by atoms with Gasteiger partial charge in [-0.15, -0.1) is 11.6 Å². The molecule has 0 aliphatic rings. The average Bonchev–Trinajstić information content (AvgIpc) is 2.29. The van der Waals surface area contributed by atoms with Crippen LogP contribution in [0.25, 0.3) is 0 Å². The van der Waals surface area contributed by atoms with Gasteiger partial charge in [0.05, 0.1) is 23.7 Å². The Bertz CT molecular complexity index is 426. The maximum absolute atomic E-state index is 13.6. The third-order valence-corrected chi connectivity index (χ3v) is 2.14. The molecule has 1 aromatic rings. The molecule has 17 heavy (non-hydrogen) atoms. The van der Waals surface area contributed by atoms with Crippen molar-refractivity contribution in [2.24, 2.45) is 0 Å². The van der Waals surface area contributed by atoms with Gasteiger partial charge >= 0.3 is 5.97 Å². The van der Waals surface area contributed by atoms with Gasteiger partial charge in [0.1, 0.15) is 5.69 Å². The molecule has 0 aliphatic heterocycles. The normalized spacial score (nSPS) is 10.7. The predicted molar refractivity (Wildman–Crippen MR) is 54.7 cm³/mol. The molecule has 0 saturated carbocycles. The van der Waals surface area contributed by atoms with E-state index < -0.39 is 41.0 Å². The third-order valence-electron chi connectivity index (χ3n) is 1.89. The number of carbonyl (C=O) groups is 1. The van der Waals surface area contributed by atoms with E-state index in [9.17, 15) is 18.0 Å². The van der Waals surface area contributed by atoms with E-state index in [4.69, 9.17) is 11.6 Å². The summed E-state index contributed by atoms with van der Waals surface area (Å²) in [5, 5.41) is 0. The molecule has 0 aliphatic carbocycles. The van der Waals surface area contributed by atoms with Crippen molar-refractivity contribution in [1.82, 2.24) is 4.98 Å². The van der Waals surface area contributed by atoms with Gasteiger partial charge in [0.2, 0.25) is 0 Å². The lowest BCUT2D eigenvalue weighted by molar-refractivity contribution is 0.0519. The first kappa shape index (κ1) is 13.8. The molecule has 1 aromatic heterocycles. The van der Waals surface area contributed by atoms with Crippen LogP contribution in [0.3, 0.4) is 0 Å². The minimum atomic E-state index is -2.91. The molecule has 0 unspecified atom stereocenters. The highest BCUT2D eigenvalue weighted by atomic mass is 35.5. The van der Waals surface area contributed by atoms with Crippen molar-refractivity contribution in [3.63, 3.8) is 0 Å². The van der Waals surface area contributed by atoms with E-state index in [0.717, 1.165) is 0 Å². The number of nitrogens with zero attached hydrogens (tertiary/aromatic N) is 1. The molecule has 1 heterocycles. The van der Waals surface area contributed by atoms with Gasteiger partial charge in [-0.25, -0.2) is 22.9 Å². The fourth-order valence-corrected chi connectivity index (χ4v) is 1.34. The number of hydrogen-bond donors (Lipinski definition) is 0. The first-order valence-electron chi connectivity index (χ1n) is 4.71. The van der Waals surface area contributed by atoms with Crippen molar-refractivity contribution < 1.29 is 22.7 Å². The Kier molecular flexibility index (Phi) is 4.74. The molecular formula is C10H9ClF3NO2. The fraction of sp³-hybridized carbons (Fsp3) is 0.400. The zero-order chi connectivity index (χ0) is 13.0. The number of pyridine rings is 1. The predicted octanol–water partition coefficient (Wildman–Crippen LogP) is 3.07. The second-order valence-electron chi connectivity index (χ2n) is 3.01. The molecule has 1 rings (SSSR count). The van der Waals surface area contributed by atoms with E-state index in [2.05, 4.69) is 9.72 Å². The largest absolute Gasteiger partial charge is 0.462 e. The van der Waals surface area contributed by atoms with Crippen LogP contribution in [0.15, 0.2) is 6.07 Å². The molecule has 0 fully saturated rings. The molecule has 3 nitrogen and oxygen atoms in total. The monoisotopic (exact) mass is 267 g/mol. The van der Waals surface area contributed by atoms with Gasteiger partial charge in [-0.05, 0) is 13.0 Å². The summed E-state index contributed by atoms with van der Waals surface area (Å²) in [6.45, 7) is 1.54. The van der Waals surface area contributed by atoms with Gasteiger partial charge in [0.15, 0.2) is 5.82 Å². The molecule has 0 saturated heterocycles. The number of hydrogen-bond acceptors (Lipinski definition) is 3. The summed E-state index contributed by atoms with van der Waals surface area (Å²) in [5.74, 6) is -2.44. The molecule has 0 spiro atoms. The van der Waals surface area contributed by atoms with Crippen LogP contribution in [0.5, 0.6) is 0 Å². The highest BCUT2D eigenvalue weighted by Crippen LogP contribution is 2.22. The van der Waals surface area contributed by atoms with Crippen molar-refractivity contribution in [3.8, 4) is 0 Å². The minimum absolute atomic E-state index is 0.0147. The third kappa shape index (κ3) is 3.09. The summed E-state index contributed by atoms with van der Waals surface area (Å²) in [4.78, 5) is 14.7. The van der Waals surface area contributed by atoms with Crippen molar-refractivity contribution in [2.75, 3.05) is 6.61 Å². The van der Waals surface area contributed by atoms with Crippen LogP contribution in [-0.2, 0) is 10.6 Å². The fourth-order valence-electron chi connectivity index (χ4n) is 1.16. The van der Waals surface area contributed by atoms with Crippen molar-refractivity contribution >= 4 is 17.6 Å². The van der Waals surface area contributed by atoms with Crippen LogP contribution >= 0.6 is 11.6 Å². The first-order valence-corrected chi connectivity index (χ1v) is 5.25. The summed E-state index contributed by atoms with van der Waals surface area (Å²) in [6, 6.07) is 0.675. The Morgan fingerprint density at radius 3 is 2.71 bits per heavy atom. The Balaban J connectivity index is 3.27. The number of carbonyl (C=O) groups excluding carboxylic acids is 1. The van der Waals surface area contributed by atoms with E-state index in [1.165, 1.54) is 6.92 Å². The first-order chi connectivity index (χ1) is 8.01. The maximum Gasteiger partial charge on any atom is 0.341 e. The van der Waals surface area contributed by atoms with Crippen molar-refractivity contribution in [1.29, 1.82) is 0 Å². The van der Waals surface area contributed by atoms with Gasteiger partial charge < -0.3 is 4.74 Å². The smallest absolute Gasteiger partial charge is 0.341 e. The van der Waals surface area contributed by atoms with E-state index in [-0.39, 0.29) is 6.61 Å². The molecule has 0 radical (unpaired) electrons. The molecular weight excluding hydrogens is 259 g/mol. The van der Waals surface area contributed by atoms with Crippen molar-refractivity contribution in [2.45, 2.75) is 19.2 Å². The SMILES string of the molecule is CCOC(=O)c1cc(C(F)F)nc(CCl)c1F. The van der Waals surface area contributed by atoms with Crippen LogP contribution in [0.2, 0.25) is 0 Å². The lowest BCUT2D eigenvalue weighted by atomic mass is 10.2. The van der Waals surface area contributed by atoms with E-state index in [0.29, 0.717) is 6.07 Å². The number of rotatable bonds is 4. The molecule has 0 N–H and O–H groups in total. The number of halogens is 4. The quantitative estimate of drug-likeness (QED) is 0.622. The molecule has 7 heteroatoms. The number of ether oxygens (including phenoxy) is 1. The highest BCUT2D eigenvalue weighted by Gasteiger charge is 2.22. The summed E-state index contributed by atoms with van der Waals surface area (Å²) < 4.78 is 43.1. The average molecular weight is 268 g/mol. The van der Waals surface area contributed by atoms with Crippen LogP contribution in [0, 0.1) is 5.82 Å². The van der Waals surface area contributed by atoms with Crippen molar-refractivity contribution in [3.05, 3.63) is 28.8 Å². The number of esters is 1. The Morgan fingerprint density at radius 1 is 1.59 bits per heavy atom. The molecule has 0 aromatic carbocycles. The van der Waals surface area contributed by atoms with Gasteiger partial charge in [-0.3, -0.25) is 0 Å². The lowest BCUT2D eigenvalue weighted by Gasteiger charge is -2.08. The van der Waals surface area contributed by atoms with Gasteiger partial charge in [-0.2, -0.15) is 0 Å².